The summed E-state index contributed by atoms with van der Waals surface area (Å²) < 4.78 is 0. The number of benzene rings is 2. The Bertz CT molecular complexity index is 912. The summed E-state index contributed by atoms with van der Waals surface area (Å²) in [6, 6.07) is 14.1. The number of nitrogens with zero attached hydrogens (tertiary/aromatic N) is 4. The van der Waals surface area contributed by atoms with E-state index in [0.717, 1.165) is 30.4 Å². The summed E-state index contributed by atoms with van der Waals surface area (Å²) in [6.45, 7) is 2.23. The van der Waals surface area contributed by atoms with E-state index in [0.29, 0.717) is 5.82 Å². The number of aromatic nitrogens is 4. The summed E-state index contributed by atoms with van der Waals surface area (Å²) >= 11 is 0. The van der Waals surface area contributed by atoms with E-state index in [-0.39, 0.29) is 12.3 Å². The van der Waals surface area contributed by atoms with E-state index in [9.17, 15) is 4.79 Å². The number of rotatable bonds is 5. The minimum atomic E-state index is 0.0139. The topological polar surface area (TPSA) is 60.7 Å². The van der Waals surface area contributed by atoms with Crippen molar-refractivity contribution in [3.05, 3.63) is 64.7 Å². The van der Waals surface area contributed by atoms with E-state index in [1.807, 2.05) is 24.3 Å². The molecular weight excluding hydrogens is 312 g/mol. The van der Waals surface area contributed by atoms with Crippen LogP contribution in [-0.2, 0) is 25.8 Å². The maximum atomic E-state index is 12.5. The fourth-order valence-corrected chi connectivity index (χ4v) is 3.28. The molecule has 0 spiro atoms. The second-order valence-electron chi connectivity index (χ2n) is 6.45. The van der Waals surface area contributed by atoms with Crippen molar-refractivity contribution in [2.45, 2.75) is 39.2 Å². The lowest BCUT2D eigenvalue weighted by Crippen LogP contribution is -2.13. The summed E-state index contributed by atoms with van der Waals surface area (Å²) in [6.07, 6.45) is 4.36. The van der Waals surface area contributed by atoms with Crippen molar-refractivity contribution in [1.82, 2.24) is 20.2 Å². The predicted molar refractivity (Wildman–Crippen MR) is 95.4 cm³/mol. The number of ketones is 1. The van der Waals surface area contributed by atoms with Gasteiger partial charge in [-0.3, -0.25) is 4.79 Å². The van der Waals surface area contributed by atoms with Gasteiger partial charge in [0.1, 0.15) is 6.54 Å². The molecule has 2 aromatic carbocycles. The van der Waals surface area contributed by atoms with Gasteiger partial charge in [0.15, 0.2) is 5.78 Å². The smallest absolute Gasteiger partial charge is 0.204 e. The average molecular weight is 332 g/mol. The molecule has 1 heterocycles. The van der Waals surface area contributed by atoms with Gasteiger partial charge in [0.25, 0.3) is 0 Å². The van der Waals surface area contributed by atoms with Crippen LogP contribution >= 0.6 is 0 Å². The third-order valence-corrected chi connectivity index (χ3v) is 4.78. The first-order valence-corrected chi connectivity index (χ1v) is 8.75. The van der Waals surface area contributed by atoms with Gasteiger partial charge in [-0.2, -0.15) is 4.80 Å². The molecule has 5 nitrogen and oxygen atoms in total. The van der Waals surface area contributed by atoms with E-state index in [4.69, 9.17) is 0 Å². The molecule has 1 aromatic heterocycles. The number of hydrogen-bond donors (Lipinski definition) is 0. The van der Waals surface area contributed by atoms with Crippen molar-refractivity contribution in [3.63, 3.8) is 0 Å². The fourth-order valence-electron chi connectivity index (χ4n) is 3.28. The van der Waals surface area contributed by atoms with Gasteiger partial charge >= 0.3 is 0 Å². The highest BCUT2D eigenvalue weighted by atomic mass is 16.1. The van der Waals surface area contributed by atoms with Gasteiger partial charge in [-0.05, 0) is 53.7 Å². The van der Waals surface area contributed by atoms with Crippen molar-refractivity contribution in [2.75, 3.05) is 0 Å². The summed E-state index contributed by atoms with van der Waals surface area (Å²) in [5, 5.41) is 12.5. The molecule has 1 aliphatic rings. The van der Waals surface area contributed by atoms with Crippen LogP contribution < -0.4 is 0 Å². The summed E-state index contributed by atoms with van der Waals surface area (Å²) in [7, 11) is 0. The van der Waals surface area contributed by atoms with Gasteiger partial charge in [0.2, 0.25) is 5.82 Å². The van der Waals surface area contributed by atoms with Crippen LogP contribution in [-0.4, -0.2) is 26.0 Å². The highest BCUT2D eigenvalue weighted by Gasteiger charge is 2.15. The number of tetrazole rings is 1. The molecule has 0 saturated carbocycles. The first-order valence-electron chi connectivity index (χ1n) is 8.75. The second-order valence-corrected chi connectivity index (χ2v) is 6.45. The molecule has 0 saturated heterocycles. The number of fused-ring (bicyclic) bond motifs is 1. The molecule has 126 valence electrons. The molecule has 0 fully saturated rings. The fraction of sp³-hybridized carbons (Fsp3) is 0.300. The van der Waals surface area contributed by atoms with Gasteiger partial charge in [-0.15, -0.1) is 10.2 Å². The molecule has 0 aliphatic heterocycles. The van der Waals surface area contributed by atoms with Crippen LogP contribution in [0.1, 0.15) is 40.4 Å². The number of carbonyl (C=O) groups excluding carboxylic acids is 1. The van der Waals surface area contributed by atoms with E-state index < -0.39 is 0 Å². The molecule has 3 aromatic rings. The lowest BCUT2D eigenvalue weighted by molar-refractivity contribution is 0.0961. The van der Waals surface area contributed by atoms with Crippen LogP contribution in [0.25, 0.3) is 11.4 Å². The van der Waals surface area contributed by atoms with Gasteiger partial charge in [0.05, 0.1) is 0 Å². The minimum absolute atomic E-state index is 0.0139. The molecule has 0 atom stereocenters. The van der Waals surface area contributed by atoms with Crippen molar-refractivity contribution >= 4 is 5.78 Å². The Labute approximate surface area is 146 Å². The maximum absolute atomic E-state index is 12.5. The Hall–Kier alpha value is -2.82. The summed E-state index contributed by atoms with van der Waals surface area (Å²) in [4.78, 5) is 13.9. The van der Waals surface area contributed by atoms with E-state index in [2.05, 4.69) is 40.5 Å². The van der Waals surface area contributed by atoms with Gasteiger partial charge in [-0.1, -0.05) is 43.3 Å². The number of aryl methyl sites for hydroxylation is 3. The quantitative estimate of drug-likeness (QED) is 0.673. The third kappa shape index (κ3) is 3.22. The largest absolute Gasteiger partial charge is 0.292 e. The monoisotopic (exact) mass is 332 g/mol. The Balaban J connectivity index is 1.49. The van der Waals surface area contributed by atoms with Crippen molar-refractivity contribution in [1.29, 1.82) is 0 Å². The van der Waals surface area contributed by atoms with E-state index in [1.54, 1.807) is 0 Å². The van der Waals surface area contributed by atoms with Crippen molar-refractivity contribution < 1.29 is 4.79 Å². The normalized spacial score (nSPS) is 13.0. The number of carbonyl (C=O) groups is 1. The first kappa shape index (κ1) is 15.7. The average Bonchev–Trinajstić information content (AvgIpc) is 3.30. The Kier molecular flexibility index (Phi) is 4.14. The zero-order chi connectivity index (χ0) is 17.2. The molecule has 0 radical (unpaired) electrons. The standard InChI is InChI=1S/C20H20N4O/c1-2-14-6-8-16(9-7-14)20-21-23-24(22-20)13-19(25)18-11-10-15-4-3-5-17(15)12-18/h6-12H,2-5,13H2,1H3. The molecule has 1 aliphatic carbocycles. The van der Waals surface area contributed by atoms with Gasteiger partial charge in [-0.25, -0.2) is 0 Å². The van der Waals surface area contributed by atoms with E-state index in [1.165, 1.54) is 27.9 Å². The zero-order valence-electron chi connectivity index (χ0n) is 14.3. The predicted octanol–water partition coefficient (Wildman–Crippen LogP) is 3.27. The van der Waals surface area contributed by atoms with Crippen LogP contribution in [0.15, 0.2) is 42.5 Å². The summed E-state index contributed by atoms with van der Waals surface area (Å²) in [5.74, 6) is 0.560. The molecule has 0 amide bonds. The highest BCUT2D eigenvalue weighted by molar-refractivity contribution is 5.96. The van der Waals surface area contributed by atoms with Crippen molar-refractivity contribution in [3.8, 4) is 11.4 Å². The number of Topliss-reactive ketones (excluding diaryl/α,β-unsaturated/α-hetero) is 1. The minimum Gasteiger partial charge on any atom is -0.292 e. The first-order chi connectivity index (χ1) is 12.2. The maximum Gasteiger partial charge on any atom is 0.204 e. The molecule has 5 heteroatoms. The Morgan fingerprint density at radius 2 is 1.88 bits per heavy atom. The molecule has 0 bridgehead atoms. The lowest BCUT2D eigenvalue weighted by atomic mass is 10.0. The van der Waals surface area contributed by atoms with Crippen LogP contribution in [0.5, 0.6) is 0 Å². The van der Waals surface area contributed by atoms with Crippen LogP contribution in [0.2, 0.25) is 0 Å². The van der Waals surface area contributed by atoms with Gasteiger partial charge < -0.3 is 0 Å². The third-order valence-electron chi connectivity index (χ3n) is 4.78. The van der Waals surface area contributed by atoms with Crippen LogP contribution in [0.3, 0.4) is 0 Å². The van der Waals surface area contributed by atoms with Crippen LogP contribution in [0, 0.1) is 0 Å². The molecule has 25 heavy (non-hydrogen) atoms. The lowest BCUT2D eigenvalue weighted by Gasteiger charge is -2.03. The highest BCUT2D eigenvalue weighted by Crippen LogP contribution is 2.23. The number of hydrogen-bond acceptors (Lipinski definition) is 4. The Morgan fingerprint density at radius 3 is 2.68 bits per heavy atom. The van der Waals surface area contributed by atoms with Gasteiger partial charge in [0, 0.05) is 11.1 Å². The molecule has 0 unspecified atom stereocenters. The van der Waals surface area contributed by atoms with Crippen molar-refractivity contribution in [2.24, 2.45) is 0 Å². The zero-order valence-corrected chi connectivity index (χ0v) is 14.3. The molecular formula is C20H20N4O. The SMILES string of the molecule is CCc1ccc(-c2nnn(CC(=O)c3ccc4c(c3)CCC4)n2)cc1. The second kappa shape index (κ2) is 6.59. The summed E-state index contributed by atoms with van der Waals surface area (Å²) in [5.41, 5.74) is 5.57. The Morgan fingerprint density at radius 1 is 1.08 bits per heavy atom. The van der Waals surface area contributed by atoms with Crippen LogP contribution in [0.4, 0.5) is 0 Å². The van der Waals surface area contributed by atoms with E-state index >= 15 is 0 Å². The molecule has 4 rings (SSSR count). The molecule has 0 N–H and O–H groups in total.